The molecule has 10 heteroatoms. The van der Waals surface area contributed by atoms with Crippen LogP contribution in [0.5, 0.6) is 0 Å². The normalized spacial score (nSPS) is 15.7. The fraction of sp³-hybridized carbons (Fsp3) is 0.625. The minimum Gasteiger partial charge on any atom is -0.385 e. The second-order valence-electron chi connectivity index (χ2n) is 5.92. The SMILES string of the molecule is COCCCNC(=S)NCCS(=O)(=O)N1CCN(c2ccccn2)CC1. The zero-order valence-electron chi connectivity index (χ0n) is 15.1. The highest BCUT2D eigenvalue weighted by Crippen LogP contribution is 2.14. The van der Waals surface area contributed by atoms with Gasteiger partial charge in [-0.3, -0.25) is 0 Å². The molecule has 0 unspecified atom stereocenters. The number of nitrogens with zero attached hydrogens (tertiary/aromatic N) is 3. The first-order valence-corrected chi connectivity index (χ1v) is 10.7. The summed E-state index contributed by atoms with van der Waals surface area (Å²) in [5.74, 6) is 0.910. The van der Waals surface area contributed by atoms with E-state index in [9.17, 15) is 8.42 Å². The van der Waals surface area contributed by atoms with Crippen LogP contribution in [-0.2, 0) is 14.8 Å². The number of anilines is 1. The van der Waals surface area contributed by atoms with Crippen LogP contribution in [0.15, 0.2) is 24.4 Å². The first kappa shape index (κ1) is 20.8. The standard InChI is InChI=1S/C16H27N5O3S2/c1-24-13-4-7-18-16(25)19-8-14-26(22,23)21-11-9-20(10-12-21)15-5-2-3-6-17-15/h2-3,5-6H,4,7-14H2,1H3,(H2,18,19,25). The average Bonchev–Trinajstić information content (AvgIpc) is 2.66. The molecule has 2 heterocycles. The van der Waals surface area contributed by atoms with Gasteiger partial charge in [0, 0.05) is 59.2 Å². The second-order valence-corrected chi connectivity index (χ2v) is 8.42. The molecule has 1 aliphatic rings. The molecule has 0 bridgehead atoms. The molecule has 0 spiro atoms. The molecule has 2 rings (SSSR count). The number of pyridine rings is 1. The lowest BCUT2D eigenvalue weighted by molar-refractivity contribution is 0.195. The van der Waals surface area contributed by atoms with E-state index in [-0.39, 0.29) is 5.75 Å². The maximum absolute atomic E-state index is 12.5. The fourth-order valence-electron chi connectivity index (χ4n) is 2.64. The highest BCUT2D eigenvalue weighted by atomic mass is 32.2. The third-order valence-corrected chi connectivity index (χ3v) is 6.22. The van der Waals surface area contributed by atoms with E-state index < -0.39 is 10.0 Å². The van der Waals surface area contributed by atoms with Gasteiger partial charge in [-0.15, -0.1) is 0 Å². The molecule has 0 aromatic carbocycles. The van der Waals surface area contributed by atoms with Crippen LogP contribution in [0.3, 0.4) is 0 Å². The maximum atomic E-state index is 12.5. The Morgan fingerprint density at radius 2 is 1.96 bits per heavy atom. The summed E-state index contributed by atoms with van der Waals surface area (Å²) in [6.45, 7) is 3.87. The molecule has 0 saturated carbocycles. The van der Waals surface area contributed by atoms with Gasteiger partial charge in [-0.25, -0.2) is 13.4 Å². The van der Waals surface area contributed by atoms with E-state index in [1.165, 1.54) is 0 Å². The van der Waals surface area contributed by atoms with E-state index in [2.05, 4.69) is 20.5 Å². The summed E-state index contributed by atoms with van der Waals surface area (Å²) < 4.78 is 31.5. The van der Waals surface area contributed by atoms with Crippen LogP contribution >= 0.6 is 12.2 Å². The van der Waals surface area contributed by atoms with Crippen LogP contribution in [0.1, 0.15) is 6.42 Å². The van der Waals surface area contributed by atoms with Crippen LogP contribution in [0.2, 0.25) is 0 Å². The maximum Gasteiger partial charge on any atom is 0.215 e. The van der Waals surface area contributed by atoms with Crippen LogP contribution in [0.4, 0.5) is 5.82 Å². The van der Waals surface area contributed by atoms with Gasteiger partial charge in [0.25, 0.3) is 0 Å². The van der Waals surface area contributed by atoms with Crippen molar-refractivity contribution in [3.05, 3.63) is 24.4 Å². The Morgan fingerprint density at radius 1 is 1.23 bits per heavy atom. The Hall–Kier alpha value is -1.49. The molecule has 0 amide bonds. The predicted octanol–water partition coefficient (Wildman–Crippen LogP) is 0.0340. The summed E-state index contributed by atoms with van der Waals surface area (Å²) in [5, 5.41) is 6.44. The minimum atomic E-state index is -3.30. The number of sulfonamides is 1. The number of piperazine rings is 1. The Morgan fingerprint density at radius 3 is 2.62 bits per heavy atom. The van der Waals surface area contributed by atoms with Gasteiger partial charge in [0.05, 0.1) is 5.75 Å². The summed E-state index contributed by atoms with van der Waals surface area (Å²) >= 11 is 5.13. The lowest BCUT2D eigenvalue weighted by Crippen LogP contribution is -2.50. The quantitative estimate of drug-likeness (QED) is 0.443. The molecule has 1 aromatic rings. The van der Waals surface area contributed by atoms with Crippen molar-refractivity contribution in [3.8, 4) is 0 Å². The topological polar surface area (TPSA) is 86.8 Å². The molecular formula is C16H27N5O3S2. The third kappa shape index (κ3) is 6.67. The van der Waals surface area contributed by atoms with Crippen molar-refractivity contribution in [2.24, 2.45) is 0 Å². The monoisotopic (exact) mass is 401 g/mol. The van der Waals surface area contributed by atoms with Gasteiger partial charge >= 0.3 is 0 Å². The highest BCUT2D eigenvalue weighted by molar-refractivity contribution is 7.89. The zero-order chi connectivity index (χ0) is 18.8. The first-order chi connectivity index (χ1) is 12.5. The van der Waals surface area contributed by atoms with Gasteiger partial charge in [-0.2, -0.15) is 4.31 Å². The fourth-order valence-corrected chi connectivity index (χ4v) is 4.18. The van der Waals surface area contributed by atoms with E-state index in [0.717, 1.165) is 12.2 Å². The van der Waals surface area contributed by atoms with Gasteiger partial charge in [0.1, 0.15) is 5.82 Å². The number of rotatable bonds is 9. The predicted molar refractivity (Wildman–Crippen MR) is 107 cm³/mol. The summed E-state index contributed by atoms with van der Waals surface area (Å²) in [5.41, 5.74) is 0. The molecule has 1 aromatic heterocycles. The van der Waals surface area contributed by atoms with Crippen molar-refractivity contribution in [3.63, 3.8) is 0 Å². The number of ether oxygens (including phenoxy) is 1. The largest absolute Gasteiger partial charge is 0.385 e. The second kappa shape index (κ2) is 10.6. The summed E-state index contributed by atoms with van der Waals surface area (Å²) in [6, 6.07) is 5.74. The molecule has 0 aliphatic carbocycles. The molecular weight excluding hydrogens is 374 g/mol. The summed E-state index contributed by atoms with van der Waals surface area (Å²) in [6.07, 6.45) is 2.59. The number of methoxy groups -OCH3 is 1. The Labute approximate surface area is 161 Å². The number of hydrogen-bond acceptors (Lipinski definition) is 6. The Balaban J connectivity index is 1.69. The van der Waals surface area contributed by atoms with E-state index in [4.69, 9.17) is 17.0 Å². The lowest BCUT2D eigenvalue weighted by Gasteiger charge is -2.34. The average molecular weight is 402 g/mol. The van der Waals surface area contributed by atoms with Gasteiger partial charge in [-0.05, 0) is 30.8 Å². The molecule has 0 atom stereocenters. The molecule has 2 N–H and O–H groups in total. The van der Waals surface area contributed by atoms with E-state index >= 15 is 0 Å². The molecule has 1 fully saturated rings. The van der Waals surface area contributed by atoms with Crippen molar-refractivity contribution < 1.29 is 13.2 Å². The molecule has 0 radical (unpaired) electrons. The smallest absolute Gasteiger partial charge is 0.215 e. The van der Waals surface area contributed by atoms with Crippen molar-refractivity contribution in [2.75, 3.05) is 63.6 Å². The van der Waals surface area contributed by atoms with Crippen molar-refractivity contribution in [1.29, 1.82) is 0 Å². The van der Waals surface area contributed by atoms with E-state index in [1.54, 1.807) is 17.6 Å². The highest BCUT2D eigenvalue weighted by Gasteiger charge is 2.27. The lowest BCUT2D eigenvalue weighted by atomic mass is 10.3. The van der Waals surface area contributed by atoms with Crippen LogP contribution in [0, 0.1) is 0 Å². The van der Waals surface area contributed by atoms with Crippen molar-refractivity contribution in [2.45, 2.75) is 6.42 Å². The molecule has 146 valence electrons. The summed E-state index contributed by atoms with van der Waals surface area (Å²) in [7, 11) is -1.65. The van der Waals surface area contributed by atoms with Gasteiger partial charge in [0.2, 0.25) is 10.0 Å². The first-order valence-electron chi connectivity index (χ1n) is 8.67. The Bertz CT molecular complexity index is 649. The van der Waals surface area contributed by atoms with Gasteiger partial charge in [-0.1, -0.05) is 6.07 Å². The number of aromatic nitrogens is 1. The van der Waals surface area contributed by atoms with E-state index in [1.807, 2.05) is 18.2 Å². The number of thiocarbonyl (C=S) groups is 1. The number of nitrogens with one attached hydrogen (secondary N) is 2. The summed E-state index contributed by atoms with van der Waals surface area (Å²) in [4.78, 5) is 6.41. The third-order valence-electron chi connectivity index (χ3n) is 4.06. The van der Waals surface area contributed by atoms with Crippen LogP contribution in [0.25, 0.3) is 0 Å². The molecule has 1 saturated heterocycles. The van der Waals surface area contributed by atoms with Crippen molar-refractivity contribution >= 4 is 33.2 Å². The van der Waals surface area contributed by atoms with Crippen molar-refractivity contribution in [1.82, 2.24) is 19.9 Å². The molecule has 1 aliphatic heterocycles. The molecule has 26 heavy (non-hydrogen) atoms. The van der Waals surface area contributed by atoms with Gasteiger partial charge < -0.3 is 20.3 Å². The molecule has 8 nitrogen and oxygen atoms in total. The van der Waals surface area contributed by atoms with Crippen LogP contribution < -0.4 is 15.5 Å². The zero-order valence-corrected chi connectivity index (χ0v) is 16.7. The van der Waals surface area contributed by atoms with E-state index in [0.29, 0.717) is 51.0 Å². The number of hydrogen-bond donors (Lipinski definition) is 2. The van der Waals surface area contributed by atoms with Crippen LogP contribution in [-0.4, -0.2) is 81.6 Å². The van der Waals surface area contributed by atoms with Gasteiger partial charge in [0.15, 0.2) is 5.11 Å². The minimum absolute atomic E-state index is 0.0243. The Kier molecular flexibility index (Phi) is 8.49.